The quantitative estimate of drug-likeness (QED) is 0.545. The van der Waals surface area contributed by atoms with E-state index in [1.165, 1.54) is 0 Å². The highest BCUT2D eigenvalue weighted by atomic mass is 16.5. The van der Waals surface area contributed by atoms with Crippen molar-refractivity contribution in [1.82, 2.24) is 19.9 Å². The number of nitrogens with zero attached hydrogens (tertiary/aromatic N) is 5. The number of nitrogen functional groups attached to an aromatic ring is 1. The summed E-state index contributed by atoms with van der Waals surface area (Å²) in [6.07, 6.45) is 1.95. The van der Waals surface area contributed by atoms with E-state index in [2.05, 4.69) is 32.8 Å². The fraction of sp³-hybridized carbons (Fsp3) is 0.348. The molecule has 2 aliphatic rings. The Morgan fingerprint density at radius 3 is 2.81 bits per heavy atom. The molecule has 0 radical (unpaired) electrons. The van der Waals surface area contributed by atoms with Gasteiger partial charge in [0.15, 0.2) is 5.58 Å². The lowest BCUT2D eigenvalue weighted by atomic mass is 10.0. The molecule has 0 aliphatic carbocycles. The van der Waals surface area contributed by atoms with Gasteiger partial charge < -0.3 is 19.8 Å². The summed E-state index contributed by atoms with van der Waals surface area (Å²) in [4.78, 5) is 18.7. The van der Waals surface area contributed by atoms with Gasteiger partial charge in [-0.1, -0.05) is 0 Å². The average Bonchev–Trinajstić information content (AvgIpc) is 3.12. The standard InChI is InChI=1S/C23H24N6O2/c1-14-13-30-7-6-29(14)17-11-28(12-17)16-9-20-19(25-10-16)4-3-18(26-20)15-2-5-22-21(8-15)27-23(24)31-22/h2-5,8-10,14,17H,6-7,11-13H2,1H3,(H2,24,27). The van der Waals surface area contributed by atoms with Crippen molar-refractivity contribution in [2.75, 3.05) is 43.5 Å². The SMILES string of the molecule is CC1COCCN1C1CN(c2cnc3ccc(-c4ccc5oc(N)nc5c4)nc3c2)C1. The molecule has 3 aromatic heterocycles. The third-order valence-electron chi connectivity index (χ3n) is 6.34. The van der Waals surface area contributed by atoms with E-state index in [1.807, 2.05) is 36.5 Å². The van der Waals surface area contributed by atoms with Crippen LogP contribution in [0.1, 0.15) is 6.92 Å². The number of morpholine rings is 1. The van der Waals surface area contributed by atoms with E-state index in [4.69, 9.17) is 19.9 Å². The summed E-state index contributed by atoms with van der Waals surface area (Å²) < 4.78 is 10.9. The van der Waals surface area contributed by atoms with Gasteiger partial charge >= 0.3 is 0 Å². The highest BCUT2D eigenvalue weighted by molar-refractivity contribution is 5.84. The summed E-state index contributed by atoms with van der Waals surface area (Å²) >= 11 is 0. The third kappa shape index (κ3) is 3.28. The van der Waals surface area contributed by atoms with Crippen molar-refractivity contribution in [2.24, 2.45) is 0 Å². The molecule has 2 aliphatic heterocycles. The minimum Gasteiger partial charge on any atom is -0.424 e. The Kier molecular flexibility index (Phi) is 4.29. The second-order valence-electron chi connectivity index (χ2n) is 8.38. The number of oxazole rings is 1. The number of nitrogens with two attached hydrogens (primary N) is 1. The Balaban J connectivity index is 1.25. The number of aromatic nitrogens is 3. The zero-order valence-electron chi connectivity index (χ0n) is 17.4. The van der Waals surface area contributed by atoms with E-state index in [1.54, 1.807) is 0 Å². The maximum Gasteiger partial charge on any atom is 0.292 e. The summed E-state index contributed by atoms with van der Waals surface area (Å²) in [5, 5.41) is 0. The van der Waals surface area contributed by atoms with Crippen LogP contribution in [0.25, 0.3) is 33.4 Å². The van der Waals surface area contributed by atoms with Crippen molar-refractivity contribution in [3.63, 3.8) is 0 Å². The molecular weight excluding hydrogens is 392 g/mol. The van der Waals surface area contributed by atoms with E-state index in [-0.39, 0.29) is 6.01 Å². The van der Waals surface area contributed by atoms with Crippen LogP contribution in [0.3, 0.4) is 0 Å². The number of hydrogen-bond donors (Lipinski definition) is 1. The lowest BCUT2D eigenvalue weighted by Crippen LogP contribution is -2.63. The van der Waals surface area contributed by atoms with Gasteiger partial charge in [-0.3, -0.25) is 9.88 Å². The number of benzene rings is 1. The van der Waals surface area contributed by atoms with Crippen molar-refractivity contribution >= 4 is 33.8 Å². The molecule has 4 aromatic rings. The molecule has 0 bridgehead atoms. The molecular formula is C23H24N6O2. The van der Waals surface area contributed by atoms with Crippen LogP contribution in [-0.4, -0.2) is 64.8 Å². The molecule has 0 saturated carbocycles. The topological polar surface area (TPSA) is 93.5 Å². The molecule has 6 rings (SSSR count). The van der Waals surface area contributed by atoms with Gasteiger partial charge in [-0.15, -0.1) is 0 Å². The second-order valence-corrected chi connectivity index (χ2v) is 8.38. The molecule has 0 spiro atoms. The van der Waals surface area contributed by atoms with E-state index in [0.29, 0.717) is 17.7 Å². The number of pyridine rings is 2. The summed E-state index contributed by atoms with van der Waals surface area (Å²) in [6.45, 7) is 6.95. The number of hydrogen-bond acceptors (Lipinski definition) is 8. The number of ether oxygens (including phenoxy) is 1. The zero-order valence-corrected chi connectivity index (χ0v) is 17.4. The lowest BCUT2D eigenvalue weighted by molar-refractivity contribution is -0.0274. The number of rotatable bonds is 3. The van der Waals surface area contributed by atoms with Gasteiger partial charge in [0.1, 0.15) is 5.52 Å². The maximum absolute atomic E-state index is 5.67. The minimum atomic E-state index is 0.173. The minimum absolute atomic E-state index is 0.173. The molecule has 2 N–H and O–H groups in total. The molecule has 158 valence electrons. The van der Waals surface area contributed by atoms with Crippen LogP contribution < -0.4 is 10.6 Å². The molecule has 1 atom stereocenters. The summed E-state index contributed by atoms with van der Waals surface area (Å²) in [6, 6.07) is 13.2. The van der Waals surface area contributed by atoms with E-state index < -0.39 is 0 Å². The largest absolute Gasteiger partial charge is 0.424 e. The molecule has 5 heterocycles. The van der Waals surface area contributed by atoms with Crippen molar-refractivity contribution < 1.29 is 9.15 Å². The van der Waals surface area contributed by atoms with Crippen LogP contribution in [0.5, 0.6) is 0 Å². The fourth-order valence-corrected chi connectivity index (χ4v) is 4.59. The van der Waals surface area contributed by atoms with Crippen molar-refractivity contribution in [3.05, 3.63) is 42.6 Å². The van der Waals surface area contributed by atoms with E-state index in [9.17, 15) is 0 Å². The first-order valence-electron chi connectivity index (χ1n) is 10.7. The van der Waals surface area contributed by atoms with E-state index in [0.717, 1.165) is 66.3 Å². The Hall–Kier alpha value is -3.23. The molecule has 31 heavy (non-hydrogen) atoms. The molecule has 0 amide bonds. The lowest BCUT2D eigenvalue weighted by Gasteiger charge is -2.49. The Bertz CT molecular complexity index is 1270. The summed E-state index contributed by atoms with van der Waals surface area (Å²) in [7, 11) is 0. The van der Waals surface area contributed by atoms with Crippen LogP contribution >= 0.6 is 0 Å². The predicted octanol–water partition coefficient (Wildman–Crippen LogP) is 2.93. The van der Waals surface area contributed by atoms with Crippen molar-refractivity contribution in [3.8, 4) is 11.3 Å². The predicted molar refractivity (Wildman–Crippen MR) is 120 cm³/mol. The molecule has 2 fully saturated rings. The van der Waals surface area contributed by atoms with Gasteiger partial charge in [0, 0.05) is 37.3 Å². The first kappa shape index (κ1) is 18.5. The smallest absolute Gasteiger partial charge is 0.292 e. The second kappa shape index (κ2) is 7.18. The highest BCUT2D eigenvalue weighted by Gasteiger charge is 2.35. The average molecular weight is 416 g/mol. The van der Waals surface area contributed by atoms with Gasteiger partial charge in [-0.2, -0.15) is 4.98 Å². The molecule has 1 unspecified atom stereocenters. The normalized spacial score (nSPS) is 20.4. The summed E-state index contributed by atoms with van der Waals surface area (Å²) in [5.74, 6) is 0. The van der Waals surface area contributed by atoms with Gasteiger partial charge in [-0.25, -0.2) is 4.98 Å². The zero-order chi connectivity index (χ0) is 20.9. The molecule has 8 nitrogen and oxygen atoms in total. The Morgan fingerprint density at radius 1 is 1.03 bits per heavy atom. The Labute approximate surface area is 179 Å². The van der Waals surface area contributed by atoms with Crippen molar-refractivity contribution in [2.45, 2.75) is 19.0 Å². The highest BCUT2D eigenvalue weighted by Crippen LogP contribution is 2.29. The van der Waals surface area contributed by atoms with Crippen LogP contribution in [0, 0.1) is 0 Å². The van der Waals surface area contributed by atoms with Crippen LogP contribution in [0.2, 0.25) is 0 Å². The Morgan fingerprint density at radius 2 is 1.94 bits per heavy atom. The first-order valence-corrected chi connectivity index (χ1v) is 10.7. The van der Waals surface area contributed by atoms with Gasteiger partial charge in [0.25, 0.3) is 6.01 Å². The molecule has 2 saturated heterocycles. The molecule has 8 heteroatoms. The number of anilines is 2. The number of fused-ring (bicyclic) bond motifs is 2. The third-order valence-corrected chi connectivity index (χ3v) is 6.34. The summed E-state index contributed by atoms with van der Waals surface area (Å²) in [5.41, 5.74) is 11.8. The van der Waals surface area contributed by atoms with Crippen molar-refractivity contribution in [1.29, 1.82) is 0 Å². The van der Waals surface area contributed by atoms with Gasteiger partial charge in [0.2, 0.25) is 0 Å². The maximum atomic E-state index is 5.67. The molecule has 1 aromatic carbocycles. The van der Waals surface area contributed by atoms with Gasteiger partial charge in [-0.05, 0) is 43.3 Å². The first-order chi connectivity index (χ1) is 15.1. The fourth-order valence-electron chi connectivity index (χ4n) is 4.59. The van der Waals surface area contributed by atoms with Crippen LogP contribution in [-0.2, 0) is 4.74 Å². The van der Waals surface area contributed by atoms with Gasteiger partial charge in [0.05, 0.1) is 41.8 Å². The van der Waals surface area contributed by atoms with Crippen LogP contribution in [0.4, 0.5) is 11.7 Å². The van der Waals surface area contributed by atoms with E-state index >= 15 is 0 Å². The van der Waals surface area contributed by atoms with Crippen LogP contribution in [0.15, 0.2) is 47.0 Å². The monoisotopic (exact) mass is 416 g/mol.